The van der Waals surface area contributed by atoms with E-state index < -0.39 is 6.10 Å². The summed E-state index contributed by atoms with van der Waals surface area (Å²) in [4.78, 5) is 14.5. The van der Waals surface area contributed by atoms with E-state index in [0.29, 0.717) is 18.5 Å². The fourth-order valence-electron chi connectivity index (χ4n) is 1.36. The SMILES string of the molecule is CC(O)CCN(C)C(=O)c1cc(S)ccc1Br. The molecule has 5 heteroatoms. The van der Waals surface area contributed by atoms with Gasteiger partial charge in [-0.3, -0.25) is 4.79 Å². The van der Waals surface area contributed by atoms with Crippen molar-refractivity contribution in [1.82, 2.24) is 4.90 Å². The lowest BCUT2D eigenvalue weighted by atomic mass is 10.2. The van der Waals surface area contributed by atoms with Gasteiger partial charge in [0.2, 0.25) is 0 Å². The minimum Gasteiger partial charge on any atom is -0.393 e. The first kappa shape index (κ1) is 14.5. The summed E-state index contributed by atoms with van der Waals surface area (Å²) in [6.07, 6.45) is 0.172. The molecule has 0 spiro atoms. The van der Waals surface area contributed by atoms with Crippen molar-refractivity contribution in [3.8, 4) is 0 Å². The molecule has 17 heavy (non-hydrogen) atoms. The zero-order valence-electron chi connectivity index (χ0n) is 9.85. The van der Waals surface area contributed by atoms with Crippen molar-refractivity contribution in [2.75, 3.05) is 13.6 Å². The Hall–Kier alpha value is -0.520. The monoisotopic (exact) mass is 317 g/mol. The van der Waals surface area contributed by atoms with Crippen molar-refractivity contribution in [1.29, 1.82) is 0 Å². The molecule has 0 fully saturated rings. The van der Waals surface area contributed by atoms with Crippen LogP contribution < -0.4 is 0 Å². The van der Waals surface area contributed by atoms with Gasteiger partial charge in [0.25, 0.3) is 5.91 Å². The second-order valence-electron chi connectivity index (χ2n) is 4.03. The van der Waals surface area contributed by atoms with Crippen LogP contribution in [0.15, 0.2) is 27.6 Å². The van der Waals surface area contributed by atoms with Crippen LogP contribution in [0, 0.1) is 0 Å². The summed E-state index contributed by atoms with van der Waals surface area (Å²) >= 11 is 7.57. The Labute approximate surface area is 115 Å². The number of rotatable bonds is 4. The Kier molecular flexibility index (Phi) is 5.49. The zero-order chi connectivity index (χ0) is 13.0. The van der Waals surface area contributed by atoms with E-state index in [0.717, 1.165) is 9.37 Å². The average molecular weight is 318 g/mol. The average Bonchev–Trinajstić information content (AvgIpc) is 2.28. The number of hydrogen-bond donors (Lipinski definition) is 2. The molecule has 0 heterocycles. The van der Waals surface area contributed by atoms with E-state index in [1.165, 1.54) is 0 Å². The lowest BCUT2D eigenvalue weighted by Gasteiger charge is -2.19. The highest BCUT2D eigenvalue weighted by Gasteiger charge is 2.15. The summed E-state index contributed by atoms with van der Waals surface area (Å²) < 4.78 is 0.754. The highest BCUT2D eigenvalue weighted by Crippen LogP contribution is 2.21. The van der Waals surface area contributed by atoms with Gasteiger partial charge in [-0.15, -0.1) is 12.6 Å². The van der Waals surface area contributed by atoms with Gasteiger partial charge in [0.15, 0.2) is 0 Å². The van der Waals surface area contributed by atoms with Crippen molar-refractivity contribution >= 4 is 34.5 Å². The Balaban J connectivity index is 2.78. The Morgan fingerprint density at radius 2 is 2.24 bits per heavy atom. The van der Waals surface area contributed by atoms with Gasteiger partial charge in [-0.1, -0.05) is 0 Å². The van der Waals surface area contributed by atoms with Crippen LogP contribution in [0.25, 0.3) is 0 Å². The van der Waals surface area contributed by atoms with E-state index in [4.69, 9.17) is 0 Å². The van der Waals surface area contributed by atoms with Gasteiger partial charge < -0.3 is 10.0 Å². The molecule has 1 unspecified atom stereocenters. The van der Waals surface area contributed by atoms with Crippen molar-refractivity contribution in [3.63, 3.8) is 0 Å². The van der Waals surface area contributed by atoms with Crippen LogP contribution in [0.1, 0.15) is 23.7 Å². The smallest absolute Gasteiger partial charge is 0.254 e. The van der Waals surface area contributed by atoms with Crippen LogP contribution in [-0.4, -0.2) is 35.6 Å². The zero-order valence-corrected chi connectivity index (χ0v) is 12.3. The summed E-state index contributed by atoms with van der Waals surface area (Å²) in [6.45, 7) is 2.24. The first-order valence-electron chi connectivity index (χ1n) is 5.34. The summed E-state index contributed by atoms with van der Waals surface area (Å²) in [5, 5.41) is 9.19. The molecule has 1 atom stereocenters. The van der Waals surface area contributed by atoms with Crippen LogP contribution in [0.2, 0.25) is 0 Å². The fraction of sp³-hybridized carbons (Fsp3) is 0.417. The molecule has 0 bridgehead atoms. The molecular weight excluding hydrogens is 302 g/mol. The first-order valence-corrected chi connectivity index (χ1v) is 6.58. The van der Waals surface area contributed by atoms with Crippen LogP contribution in [0.4, 0.5) is 0 Å². The molecule has 0 aromatic heterocycles. The van der Waals surface area contributed by atoms with E-state index in [-0.39, 0.29) is 5.91 Å². The summed E-state index contributed by atoms with van der Waals surface area (Å²) in [5.74, 6) is -0.0755. The van der Waals surface area contributed by atoms with Crippen molar-refractivity contribution in [2.45, 2.75) is 24.3 Å². The van der Waals surface area contributed by atoms with E-state index >= 15 is 0 Å². The summed E-state index contributed by atoms with van der Waals surface area (Å²) in [5.41, 5.74) is 0.589. The van der Waals surface area contributed by atoms with Gasteiger partial charge in [0.1, 0.15) is 0 Å². The molecule has 1 aromatic carbocycles. The molecule has 0 radical (unpaired) electrons. The normalized spacial score (nSPS) is 12.3. The standard InChI is InChI=1S/C12H16BrNO2S/c1-8(15)5-6-14(2)12(16)10-7-9(17)3-4-11(10)13/h3-4,7-8,15,17H,5-6H2,1-2H3. The lowest BCUT2D eigenvalue weighted by molar-refractivity contribution is 0.0768. The lowest BCUT2D eigenvalue weighted by Crippen LogP contribution is -2.29. The third-order valence-corrected chi connectivity index (χ3v) is 3.38. The van der Waals surface area contributed by atoms with Crippen molar-refractivity contribution in [2.24, 2.45) is 0 Å². The van der Waals surface area contributed by atoms with Gasteiger partial charge in [0, 0.05) is 23.0 Å². The predicted octanol–water partition coefficient (Wildman–Crippen LogP) is 2.58. The minimum absolute atomic E-state index is 0.0755. The number of aliphatic hydroxyl groups excluding tert-OH is 1. The third kappa shape index (κ3) is 4.33. The van der Waals surface area contributed by atoms with Crippen LogP contribution >= 0.6 is 28.6 Å². The van der Waals surface area contributed by atoms with Gasteiger partial charge in [0.05, 0.1) is 11.7 Å². The number of halogens is 1. The molecule has 0 aliphatic heterocycles. The molecule has 1 N–H and O–H groups in total. The molecule has 1 amide bonds. The topological polar surface area (TPSA) is 40.5 Å². The number of amides is 1. The first-order chi connectivity index (χ1) is 7.91. The molecule has 0 aliphatic carbocycles. The molecule has 3 nitrogen and oxygen atoms in total. The number of aliphatic hydroxyl groups is 1. The third-order valence-electron chi connectivity index (χ3n) is 2.41. The number of benzene rings is 1. The summed E-state index contributed by atoms with van der Waals surface area (Å²) in [7, 11) is 1.72. The highest BCUT2D eigenvalue weighted by atomic mass is 79.9. The number of carbonyl (C=O) groups excluding carboxylic acids is 1. The van der Waals surface area contributed by atoms with Crippen LogP contribution in [0.3, 0.4) is 0 Å². The number of thiol groups is 1. The van der Waals surface area contributed by atoms with Gasteiger partial charge >= 0.3 is 0 Å². The van der Waals surface area contributed by atoms with Gasteiger partial charge in [-0.2, -0.15) is 0 Å². The van der Waals surface area contributed by atoms with Crippen molar-refractivity contribution < 1.29 is 9.90 Å². The maximum Gasteiger partial charge on any atom is 0.254 e. The van der Waals surface area contributed by atoms with E-state index in [1.807, 2.05) is 6.07 Å². The van der Waals surface area contributed by atoms with E-state index in [1.54, 1.807) is 31.0 Å². The number of hydrogen-bond acceptors (Lipinski definition) is 3. The predicted molar refractivity (Wildman–Crippen MR) is 74.7 cm³/mol. The molecule has 1 aromatic rings. The quantitative estimate of drug-likeness (QED) is 0.838. The van der Waals surface area contributed by atoms with Gasteiger partial charge in [-0.25, -0.2) is 0 Å². The molecule has 1 rings (SSSR count). The van der Waals surface area contributed by atoms with Gasteiger partial charge in [-0.05, 0) is 47.5 Å². The second kappa shape index (κ2) is 6.42. The Bertz CT molecular complexity index is 409. The van der Waals surface area contributed by atoms with E-state index in [2.05, 4.69) is 28.6 Å². The molecular formula is C12H16BrNO2S. The Morgan fingerprint density at radius 1 is 1.59 bits per heavy atom. The molecule has 94 valence electrons. The fourth-order valence-corrected chi connectivity index (χ4v) is 1.98. The molecule has 0 saturated heterocycles. The summed E-state index contributed by atoms with van der Waals surface area (Å²) in [6, 6.07) is 5.35. The maximum absolute atomic E-state index is 12.1. The molecule has 0 saturated carbocycles. The van der Waals surface area contributed by atoms with Crippen LogP contribution in [-0.2, 0) is 0 Å². The van der Waals surface area contributed by atoms with Crippen molar-refractivity contribution in [3.05, 3.63) is 28.2 Å². The Morgan fingerprint density at radius 3 is 2.82 bits per heavy atom. The maximum atomic E-state index is 12.1. The second-order valence-corrected chi connectivity index (χ2v) is 5.40. The van der Waals surface area contributed by atoms with E-state index in [9.17, 15) is 9.90 Å². The largest absolute Gasteiger partial charge is 0.393 e. The number of nitrogens with zero attached hydrogens (tertiary/aromatic N) is 1. The minimum atomic E-state index is -0.398. The molecule has 0 aliphatic rings. The highest BCUT2D eigenvalue weighted by molar-refractivity contribution is 9.10. The number of carbonyl (C=O) groups is 1. The van der Waals surface area contributed by atoms with Crippen LogP contribution in [0.5, 0.6) is 0 Å².